The smallest absolute Gasteiger partial charge is 0.224 e. The van der Waals surface area contributed by atoms with E-state index in [-0.39, 0.29) is 17.4 Å². The monoisotopic (exact) mass is 312 g/mol. The van der Waals surface area contributed by atoms with E-state index in [9.17, 15) is 15.2 Å². The molecule has 23 heavy (non-hydrogen) atoms. The van der Waals surface area contributed by atoms with Crippen molar-refractivity contribution in [2.24, 2.45) is 23.2 Å². The van der Waals surface area contributed by atoms with Crippen molar-refractivity contribution in [1.29, 1.82) is 5.26 Å². The molecule has 5 saturated carbocycles. The molecule has 1 N–H and O–H groups in total. The van der Waals surface area contributed by atoms with Crippen molar-refractivity contribution in [3.8, 4) is 6.07 Å². The number of piperidine rings is 1. The van der Waals surface area contributed by atoms with Crippen molar-refractivity contribution in [3.05, 3.63) is 12.2 Å². The molecule has 4 heteroatoms. The van der Waals surface area contributed by atoms with Gasteiger partial charge < -0.3 is 10.0 Å². The second-order valence-corrected chi connectivity index (χ2v) is 9.04. The molecule has 0 radical (unpaired) electrons. The number of rotatable bonds is 2. The van der Waals surface area contributed by atoms with Gasteiger partial charge in [0.25, 0.3) is 0 Å². The van der Waals surface area contributed by atoms with Crippen molar-refractivity contribution in [2.45, 2.75) is 69.1 Å². The molecule has 5 aliphatic carbocycles. The minimum atomic E-state index is -0.574. The minimum absolute atomic E-state index is 0.133. The molecule has 1 saturated heterocycles. The van der Waals surface area contributed by atoms with E-state index in [1.54, 1.807) is 0 Å². The standard InChI is InChI=1S/C19H24N2O2/c1-11-14-2-12-5-18(11,10-19(23,6-12)7-14)8-17(22)21-15(9-20)3-13-4-16(13)21/h12-16,23H,1-8,10H2. The fraction of sp³-hybridized carbons (Fsp3) is 0.789. The largest absolute Gasteiger partial charge is 0.390 e. The van der Waals surface area contributed by atoms with Gasteiger partial charge in [-0.05, 0) is 62.7 Å². The van der Waals surface area contributed by atoms with Crippen LogP contribution in [-0.4, -0.2) is 33.6 Å². The predicted octanol–water partition coefficient (Wildman–Crippen LogP) is 2.39. The Kier molecular flexibility index (Phi) is 2.56. The lowest BCUT2D eigenvalue weighted by atomic mass is 9.45. The van der Waals surface area contributed by atoms with Gasteiger partial charge in [0.2, 0.25) is 5.91 Å². The first kappa shape index (κ1) is 14.0. The van der Waals surface area contributed by atoms with E-state index in [1.807, 2.05) is 4.90 Å². The number of hydrogen-bond donors (Lipinski definition) is 1. The summed E-state index contributed by atoms with van der Waals surface area (Å²) in [6.45, 7) is 4.36. The van der Waals surface area contributed by atoms with Crippen molar-refractivity contribution < 1.29 is 9.90 Å². The lowest BCUT2D eigenvalue weighted by Crippen LogP contribution is -2.58. The highest BCUT2D eigenvalue weighted by Crippen LogP contribution is 2.65. The van der Waals surface area contributed by atoms with E-state index >= 15 is 0 Å². The lowest BCUT2D eigenvalue weighted by molar-refractivity contribution is -0.151. The molecule has 7 atom stereocenters. The fourth-order valence-corrected chi connectivity index (χ4v) is 6.71. The maximum Gasteiger partial charge on any atom is 0.224 e. The van der Waals surface area contributed by atoms with Crippen LogP contribution in [0.4, 0.5) is 0 Å². The first-order valence-corrected chi connectivity index (χ1v) is 9.05. The van der Waals surface area contributed by atoms with Crippen molar-refractivity contribution >= 4 is 5.91 Å². The van der Waals surface area contributed by atoms with Gasteiger partial charge in [0, 0.05) is 17.9 Å². The number of carbonyl (C=O) groups is 1. The third kappa shape index (κ3) is 1.83. The average molecular weight is 312 g/mol. The first-order valence-electron chi connectivity index (χ1n) is 9.05. The Hall–Kier alpha value is -1.34. The van der Waals surface area contributed by atoms with E-state index in [0.29, 0.717) is 36.6 Å². The maximum absolute atomic E-state index is 13.0. The zero-order valence-corrected chi connectivity index (χ0v) is 13.5. The van der Waals surface area contributed by atoms with Gasteiger partial charge in [-0.1, -0.05) is 12.2 Å². The van der Waals surface area contributed by atoms with E-state index in [0.717, 1.165) is 38.5 Å². The molecule has 4 bridgehead atoms. The summed E-state index contributed by atoms with van der Waals surface area (Å²) in [7, 11) is 0. The second-order valence-electron chi connectivity index (χ2n) is 9.04. The average Bonchev–Trinajstić information content (AvgIpc) is 3.12. The van der Waals surface area contributed by atoms with Crippen molar-refractivity contribution in [2.75, 3.05) is 0 Å². The topological polar surface area (TPSA) is 64.3 Å². The number of nitrogens with zero attached hydrogens (tertiary/aromatic N) is 2. The zero-order valence-electron chi connectivity index (χ0n) is 13.5. The van der Waals surface area contributed by atoms with Gasteiger partial charge in [0.1, 0.15) is 6.04 Å². The molecule has 0 aromatic rings. The number of hydrogen-bond acceptors (Lipinski definition) is 3. The number of aliphatic hydroxyl groups is 1. The van der Waals surface area contributed by atoms with Crippen LogP contribution in [-0.2, 0) is 4.79 Å². The van der Waals surface area contributed by atoms with Crippen LogP contribution in [0.15, 0.2) is 12.2 Å². The Balaban J connectivity index is 1.42. The van der Waals surface area contributed by atoms with Crippen LogP contribution in [0.25, 0.3) is 0 Å². The molecular weight excluding hydrogens is 288 g/mol. The summed E-state index contributed by atoms with van der Waals surface area (Å²) in [6, 6.07) is 2.41. The van der Waals surface area contributed by atoms with Gasteiger partial charge in [0.15, 0.2) is 0 Å². The SMILES string of the molecule is C=C1C2CC3CC(O)(C2)CC1(CC(=O)N1C(C#N)CC2CC21)C3. The zero-order chi connectivity index (χ0) is 16.0. The number of amides is 1. The van der Waals surface area contributed by atoms with Gasteiger partial charge in [-0.15, -0.1) is 0 Å². The van der Waals surface area contributed by atoms with Gasteiger partial charge in [0.05, 0.1) is 11.7 Å². The van der Waals surface area contributed by atoms with Crippen LogP contribution in [0.3, 0.4) is 0 Å². The quantitative estimate of drug-likeness (QED) is 0.796. The summed E-state index contributed by atoms with van der Waals surface area (Å²) >= 11 is 0. The highest BCUT2D eigenvalue weighted by atomic mass is 16.3. The van der Waals surface area contributed by atoms with E-state index in [4.69, 9.17) is 0 Å². The van der Waals surface area contributed by atoms with Crippen LogP contribution < -0.4 is 0 Å². The molecule has 4 nitrogen and oxygen atoms in total. The van der Waals surface area contributed by atoms with E-state index < -0.39 is 5.60 Å². The molecule has 1 heterocycles. The molecule has 7 unspecified atom stereocenters. The maximum atomic E-state index is 13.0. The summed E-state index contributed by atoms with van der Waals surface area (Å²) in [5.41, 5.74) is 0.435. The summed E-state index contributed by atoms with van der Waals surface area (Å²) in [6.07, 6.45) is 7.00. The van der Waals surface area contributed by atoms with Crippen molar-refractivity contribution in [3.63, 3.8) is 0 Å². The van der Waals surface area contributed by atoms with Crippen LogP contribution in [0.2, 0.25) is 0 Å². The van der Waals surface area contributed by atoms with Crippen molar-refractivity contribution in [1.82, 2.24) is 4.90 Å². The molecule has 6 rings (SSSR count). The Labute approximate surface area is 137 Å². The number of likely N-dealkylation sites (tertiary alicyclic amines) is 1. The van der Waals surface area contributed by atoms with E-state index in [2.05, 4.69) is 12.6 Å². The molecular formula is C19H24N2O2. The van der Waals surface area contributed by atoms with Gasteiger partial charge in [-0.2, -0.15) is 5.26 Å². The number of carbonyl (C=O) groups excluding carboxylic acids is 1. The Morgan fingerprint density at radius 3 is 2.91 bits per heavy atom. The Morgan fingerprint density at radius 1 is 1.35 bits per heavy atom. The number of fused-ring (bicyclic) bond motifs is 1. The van der Waals surface area contributed by atoms with E-state index in [1.165, 1.54) is 5.57 Å². The number of nitriles is 1. The second kappa shape index (κ2) is 4.19. The Morgan fingerprint density at radius 2 is 2.17 bits per heavy atom. The molecule has 0 spiro atoms. The van der Waals surface area contributed by atoms with Gasteiger partial charge in [-0.25, -0.2) is 0 Å². The van der Waals surface area contributed by atoms with Crippen LogP contribution in [0.5, 0.6) is 0 Å². The predicted molar refractivity (Wildman–Crippen MR) is 84.0 cm³/mol. The third-order valence-corrected chi connectivity index (χ3v) is 7.46. The first-order chi connectivity index (χ1) is 10.9. The Bertz CT molecular complexity index is 652. The number of allylic oxidation sites excluding steroid dienone is 1. The summed E-state index contributed by atoms with van der Waals surface area (Å²) in [5.74, 6) is 1.64. The highest BCUT2D eigenvalue weighted by molar-refractivity contribution is 5.79. The molecule has 6 fully saturated rings. The van der Waals surface area contributed by atoms with Gasteiger partial charge >= 0.3 is 0 Å². The minimum Gasteiger partial charge on any atom is -0.390 e. The third-order valence-electron chi connectivity index (χ3n) is 7.46. The highest BCUT2D eigenvalue weighted by Gasteiger charge is 2.61. The van der Waals surface area contributed by atoms with Gasteiger partial charge in [-0.3, -0.25) is 4.79 Å². The van der Waals surface area contributed by atoms with Crippen LogP contribution >= 0.6 is 0 Å². The fourth-order valence-electron chi connectivity index (χ4n) is 6.71. The molecule has 0 aromatic carbocycles. The summed E-state index contributed by atoms with van der Waals surface area (Å²) < 4.78 is 0. The van der Waals surface area contributed by atoms with Crippen LogP contribution in [0.1, 0.15) is 51.4 Å². The summed E-state index contributed by atoms with van der Waals surface area (Å²) in [5, 5.41) is 20.2. The molecule has 0 aromatic heterocycles. The molecule has 1 aliphatic heterocycles. The molecule has 122 valence electrons. The normalized spacial score (nSPS) is 52.4. The lowest BCUT2D eigenvalue weighted by Gasteiger charge is -2.61. The molecule has 1 amide bonds. The van der Waals surface area contributed by atoms with Crippen LogP contribution in [0, 0.1) is 34.5 Å². The molecule has 6 aliphatic rings. The summed E-state index contributed by atoms with van der Waals surface area (Å²) in [4.78, 5) is 14.9.